The topological polar surface area (TPSA) is 88.4 Å². The van der Waals surface area contributed by atoms with Gasteiger partial charge in [0.25, 0.3) is 0 Å². The lowest BCUT2D eigenvalue weighted by Gasteiger charge is -2.14. The van der Waals surface area contributed by atoms with Gasteiger partial charge >= 0.3 is 0 Å². The average Bonchev–Trinajstić information content (AvgIpc) is 3.06. The largest absolute Gasteiger partial charge is 0.456 e. The van der Waals surface area contributed by atoms with Gasteiger partial charge in [0.2, 0.25) is 15.9 Å². The number of carbonyl (C=O) groups is 1. The maximum absolute atomic E-state index is 12.6. The van der Waals surface area contributed by atoms with E-state index in [-0.39, 0.29) is 4.90 Å². The van der Waals surface area contributed by atoms with Crippen LogP contribution in [0.5, 0.6) is 0 Å². The lowest BCUT2D eigenvalue weighted by Crippen LogP contribution is -2.41. The molecule has 1 heterocycles. The van der Waals surface area contributed by atoms with Gasteiger partial charge in [0, 0.05) is 16.5 Å². The third-order valence-corrected chi connectivity index (χ3v) is 6.26. The SMILES string of the molecule is Cc1ccc(S(=O)(=O)N[C@@H](C)C(=O)Nc2ccc3oc4ccccc4c3c2)cc1. The summed E-state index contributed by atoms with van der Waals surface area (Å²) in [7, 11) is -3.79. The predicted molar refractivity (Wildman–Crippen MR) is 113 cm³/mol. The first-order valence-electron chi connectivity index (χ1n) is 9.15. The summed E-state index contributed by atoms with van der Waals surface area (Å²) in [5.41, 5.74) is 3.01. The Morgan fingerprint density at radius 3 is 2.38 bits per heavy atom. The number of fused-ring (bicyclic) bond motifs is 3. The van der Waals surface area contributed by atoms with Crippen LogP contribution in [0.3, 0.4) is 0 Å². The molecule has 2 N–H and O–H groups in total. The van der Waals surface area contributed by atoms with Crippen LogP contribution in [0.2, 0.25) is 0 Å². The molecule has 29 heavy (non-hydrogen) atoms. The van der Waals surface area contributed by atoms with Crippen molar-refractivity contribution in [2.24, 2.45) is 0 Å². The smallest absolute Gasteiger partial charge is 0.242 e. The van der Waals surface area contributed by atoms with Gasteiger partial charge in [-0.05, 0) is 50.2 Å². The number of rotatable bonds is 5. The number of nitrogens with one attached hydrogen (secondary N) is 2. The molecule has 7 heteroatoms. The van der Waals surface area contributed by atoms with E-state index in [1.165, 1.54) is 19.1 Å². The summed E-state index contributed by atoms with van der Waals surface area (Å²) in [5.74, 6) is -0.451. The molecule has 0 aliphatic rings. The van der Waals surface area contributed by atoms with Crippen LogP contribution in [-0.2, 0) is 14.8 Å². The molecule has 0 saturated carbocycles. The lowest BCUT2D eigenvalue weighted by molar-refractivity contribution is -0.117. The molecule has 0 bridgehead atoms. The Balaban J connectivity index is 1.52. The Kier molecular flexibility index (Phi) is 4.86. The Hall–Kier alpha value is -3.16. The quantitative estimate of drug-likeness (QED) is 0.518. The van der Waals surface area contributed by atoms with Crippen LogP contribution < -0.4 is 10.0 Å². The number of aryl methyl sites for hydroxylation is 1. The van der Waals surface area contributed by atoms with Crippen molar-refractivity contribution < 1.29 is 17.6 Å². The summed E-state index contributed by atoms with van der Waals surface area (Å²) in [6.45, 7) is 3.38. The molecular formula is C22H20N2O4S. The number of hydrogen-bond acceptors (Lipinski definition) is 4. The van der Waals surface area contributed by atoms with Gasteiger partial charge < -0.3 is 9.73 Å². The highest BCUT2D eigenvalue weighted by molar-refractivity contribution is 7.89. The van der Waals surface area contributed by atoms with E-state index in [9.17, 15) is 13.2 Å². The summed E-state index contributed by atoms with van der Waals surface area (Å²) in [6, 6.07) is 18.5. The van der Waals surface area contributed by atoms with Crippen LogP contribution in [0.4, 0.5) is 5.69 Å². The third kappa shape index (κ3) is 3.87. The zero-order valence-electron chi connectivity index (χ0n) is 16.0. The Labute approximate surface area is 168 Å². The zero-order chi connectivity index (χ0) is 20.6. The van der Waals surface area contributed by atoms with Gasteiger partial charge in [0.15, 0.2) is 0 Å². The van der Waals surface area contributed by atoms with Crippen LogP contribution >= 0.6 is 0 Å². The molecule has 4 aromatic rings. The fourth-order valence-corrected chi connectivity index (χ4v) is 4.33. The van der Waals surface area contributed by atoms with E-state index >= 15 is 0 Å². The fraction of sp³-hybridized carbons (Fsp3) is 0.136. The monoisotopic (exact) mass is 408 g/mol. The number of amides is 1. The number of sulfonamides is 1. The molecule has 1 aromatic heterocycles. The molecule has 3 aromatic carbocycles. The highest BCUT2D eigenvalue weighted by Gasteiger charge is 2.22. The van der Waals surface area contributed by atoms with Crippen LogP contribution in [0, 0.1) is 6.92 Å². The van der Waals surface area contributed by atoms with Gasteiger partial charge in [-0.2, -0.15) is 4.72 Å². The first kappa shape index (κ1) is 19.2. The van der Waals surface area contributed by atoms with Gasteiger partial charge in [-0.25, -0.2) is 8.42 Å². The summed E-state index contributed by atoms with van der Waals surface area (Å²) in [4.78, 5) is 12.7. The highest BCUT2D eigenvalue weighted by atomic mass is 32.2. The number of benzene rings is 3. The summed E-state index contributed by atoms with van der Waals surface area (Å²) < 4.78 is 33.2. The van der Waals surface area contributed by atoms with Crippen molar-refractivity contribution in [1.82, 2.24) is 4.72 Å². The van der Waals surface area contributed by atoms with Crippen LogP contribution in [0.1, 0.15) is 12.5 Å². The van der Waals surface area contributed by atoms with E-state index < -0.39 is 22.0 Å². The van der Waals surface area contributed by atoms with Gasteiger partial charge in [0.05, 0.1) is 10.9 Å². The maximum Gasteiger partial charge on any atom is 0.242 e. The van der Waals surface area contributed by atoms with E-state index in [2.05, 4.69) is 10.0 Å². The second-order valence-electron chi connectivity index (χ2n) is 6.95. The molecule has 0 radical (unpaired) electrons. The molecule has 0 aliphatic carbocycles. The van der Waals surface area contributed by atoms with E-state index in [0.717, 1.165) is 27.5 Å². The molecule has 0 spiro atoms. The molecule has 1 atom stereocenters. The second-order valence-corrected chi connectivity index (χ2v) is 8.67. The third-order valence-electron chi connectivity index (χ3n) is 4.70. The maximum atomic E-state index is 12.6. The second kappa shape index (κ2) is 7.35. The molecule has 0 saturated heterocycles. The molecular weight excluding hydrogens is 388 g/mol. The zero-order valence-corrected chi connectivity index (χ0v) is 16.8. The Morgan fingerprint density at radius 2 is 1.62 bits per heavy atom. The van der Waals surface area contributed by atoms with Crippen molar-refractivity contribution in [3.05, 3.63) is 72.3 Å². The number of anilines is 1. The van der Waals surface area contributed by atoms with Crippen LogP contribution in [0.25, 0.3) is 21.9 Å². The lowest BCUT2D eigenvalue weighted by atomic mass is 10.1. The molecule has 148 valence electrons. The van der Waals surface area contributed by atoms with Crippen molar-refractivity contribution in [3.63, 3.8) is 0 Å². The van der Waals surface area contributed by atoms with Gasteiger partial charge in [-0.15, -0.1) is 0 Å². The number of hydrogen-bond donors (Lipinski definition) is 2. The summed E-state index contributed by atoms with van der Waals surface area (Å²) in [6.07, 6.45) is 0. The summed E-state index contributed by atoms with van der Waals surface area (Å²) >= 11 is 0. The van der Waals surface area contributed by atoms with E-state index in [0.29, 0.717) is 5.69 Å². The Morgan fingerprint density at radius 1 is 0.931 bits per heavy atom. The predicted octanol–water partition coefficient (Wildman–Crippen LogP) is 4.20. The standard InChI is InChI=1S/C22H20N2O4S/c1-14-7-10-17(11-8-14)29(26,27)24-15(2)22(25)23-16-9-12-21-19(13-16)18-5-3-4-6-20(18)28-21/h3-13,15,24H,1-2H3,(H,23,25)/t15-/m0/s1. The van der Waals surface area contributed by atoms with E-state index in [4.69, 9.17) is 4.42 Å². The molecule has 6 nitrogen and oxygen atoms in total. The van der Waals surface area contributed by atoms with Crippen LogP contribution in [0.15, 0.2) is 76.0 Å². The van der Waals surface area contributed by atoms with Crippen LogP contribution in [-0.4, -0.2) is 20.4 Å². The van der Waals surface area contributed by atoms with Crippen molar-refractivity contribution >= 4 is 43.6 Å². The number of furan rings is 1. The highest BCUT2D eigenvalue weighted by Crippen LogP contribution is 2.30. The van der Waals surface area contributed by atoms with Gasteiger partial charge in [-0.1, -0.05) is 35.9 Å². The first-order chi connectivity index (χ1) is 13.8. The number of para-hydroxylation sites is 1. The van der Waals surface area contributed by atoms with E-state index in [1.54, 1.807) is 24.3 Å². The molecule has 1 amide bonds. The van der Waals surface area contributed by atoms with Crippen molar-refractivity contribution in [3.8, 4) is 0 Å². The van der Waals surface area contributed by atoms with Crippen molar-refractivity contribution in [2.45, 2.75) is 24.8 Å². The molecule has 0 fully saturated rings. The minimum atomic E-state index is -3.79. The normalized spacial score (nSPS) is 12.9. The first-order valence-corrected chi connectivity index (χ1v) is 10.6. The summed E-state index contributed by atoms with van der Waals surface area (Å²) in [5, 5.41) is 4.60. The van der Waals surface area contributed by atoms with Gasteiger partial charge in [0.1, 0.15) is 11.2 Å². The van der Waals surface area contributed by atoms with Crippen molar-refractivity contribution in [2.75, 3.05) is 5.32 Å². The average molecular weight is 408 g/mol. The Bertz CT molecular complexity index is 1310. The fourth-order valence-electron chi connectivity index (χ4n) is 3.13. The van der Waals surface area contributed by atoms with E-state index in [1.807, 2.05) is 37.3 Å². The van der Waals surface area contributed by atoms with Crippen molar-refractivity contribution in [1.29, 1.82) is 0 Å². The molecule has 0 aliphatic heterocycles. The minimum Gasteiger partial charge on any atom is -0.456 e. The minimum absolute atomic E-state index is 0.119. The molecule has 0 unspecified atom stereocenters. The number of carbonyl (C=O) groups excluding carboxylic acids is 1. The molecule has 4 rings (SSSR count). The van der Waals surface area contributed by atoms with Gasteiger partial charge in [-0.3, -0.25) is 4.79 Å².